The number of hydrogen-bond donors (Lipinski definition) is 1. The molecule has 2 unspecified atom stereocenters. The maximum atomic E-state index is 13.4. The first kappa shape index (κ1) is 30.5. The van der Waals surface area contributed by atoms with Crippen LogP contribution in [0.1, 0.15) is 137 Å². The molecule has 0 spiro atoms. The molecule has 0 radical (unpaired) electrons. The molecule has 3 nitrogen and oxygen atoms in total. The molecule has 1 aromatic carbocycles. The van der Waals surface area contributed by atoms with Crippen molar-refractivity contribution in [1.29, 1.82) is 0 Å². The zero-order valence-corrected chi connectivity index (χ0v) is 26.7. The fraction of sp³-hybridized carbons (Fsp3) is 0.618. The quantitative estimate of drug-likeness (QED) is 0.343. The van der Waals surface area contributed by atoms with Gasteiger partial charge in [-0.2, -0.15) is 13.2 Å². The van der Waals surface area contributed by atoms with E-state index in [2.05, 4.69) is 53.8 Å². The predicted molar refractivity (Wildman–Crippen MR) is 161 cm³/mol. The standard InChI is InChI=1S/C34H46F3NO2Si/c1-32(2,3)41(6,7)40-26-20-33(4,5)19-25-28(26)27(21-11-8-9-12-21)29(30(38-25)22-13-10-14-22)31(39)23-15-17-24(18-16-23)34(35,36)37/h11,15-18,22,26,31,39H,8-10,12-14,19-20H2,1-7H3. The molecule has 1 aromatic heterocycles. The van der Waals surface area contributed by atoms with Crippen molar-refractivity contribution >= 4 is 13.9 Å². The van der Waals surface area contributed by atoms with Gasteiger partial charge >= 0.3 is 6.18 Å². The van der Waals surface area contributed by atoms with Crippen molar-refractivity contribution in [3.63, 3.8) is 0 Å². The van der Waals surface area contributed by atoms with Gasteiger partial charge in [-0.1, -0.05) is 59.2 Å². The molecule has 1 N–H and O–H groups in total. The number of nitrogens with zero attached hydrogens (tertiary/aromatic N) is 1. The molecule has 0 bridgehead atoms. The lowest BCUT2D eigenvalue weighted by molar-refractivity contribution is -0.137. The third-order valence-electron chi connectivity index (χ3n) is 10.0. The summed E-state index contributed by atoms with van der Waals surface area (Å²) in [6, 6.07) is 5.01. The Morgan fingerprint density at radius 2 is 1.71 bits per heavy atom. The minimum absolute atomic E-state index is 0.0127. The SMILES string of the molecule is CC1(C)Cc2nc(C3CCC3)c(C(O)c3ccc(C(F)(F)F)cc3)c(C3=CCCC3)c2C(O[Si](C)(C)C(C)(C)C)C1. The summed E-state index contributed by atoms with van der Waals surface area (Å²) in [5.41, 5.74) is 6.01. The molecule has 7 heteroatoms. The highest BCUT2D eigenvalue weighted by molar-refractivity contribution is 6.74. The van der Waals surface area contributed by atoms with Gasteiger partial charge in [0.25, 0.3) is 0 Å². The minimum Gasteiger partial charge on any atom is -0.410 e. The molecule has 224 valence electrons. The Balaban J connectivity index is 1.74. The maximum Gasteiger partial charge on any atom is 0.416 e. The third-order valence-corrected chi connectivity index (χ3v) is 14.5. The van der Waals surface area contributed by atoms with E-state index in [9.17, 15) is 18.3 Å². The molecule has 0 amide bonds. The number of rotatable bonds is 6. The lowest BCUT2D eigenvalue weighted by Crippen LogP contribution is -2.44. The van der Waals surface area contributed by atoms with E-state index in [4.69, 9.17) is 9.41 Å². The van der Waals surface area contributed by atoms with Crippen LogP contribution in [0.4, 0.5) is 13.2 Å². The van der Waals surface area contributed by atoms with Gasteiger partial charge < -0.3 is 9.53 Å². The molecule has 5 rings (SSSR count). The van der Waals surface area contributed by atoms with E-state index in [0.717, 1.165) is 91.6 Å². The zero-order chi connectivity index (χ0) is 30.0. The molecule has 1 heterocycles. The van der Waals surface area contributed by atoms with Crippen LogP contribution in [-0.4, -0.2) is 18.4 Å². The fourth-order valence-electron chi connectivity index (χ4n) is 6.46. The Morgan fingerprint density at radius 3 is 2.22 bits per heavy atom. The minimum atomic E-state index is -4.42. The molecule has 2 aromatic rings. The number of pyridine rings is 1. The van der Waals surface area contributed by atoms with Gasteiger partial charge in [-0.15, -0.1) is 0 Å². The van der Waals surface area contributed by atoms with Crippen molar-refractivity contribution in [1.82, 2.24) is 4.98 Å². The van der Waals surface area contributed by atoms with E-state index in [-0.39, 0.29) is 22.5 Å². The van der Waals surface area contributed by atoms with Gasteiger partial charge in [0.1, 0.15) is 6.10 Å². The lowest BCUT2D eigenvalue weighted by Gasteiger charge is -2.45. The highest BCUT2D eigenvalue weighted by atomic mass is 28.4. The van der Waals surface area contributed by atoms with Gasteiger partial charge in [-0.05, 0) is 97.3 Å². The van der Waals surface area contributed by atoms with Crippen LogP contribution in [0.3, 0.4) is 0 Å². The Bertz CT molecular complexity index is 1320. The van der Waals surface area contributed by atoms with Crippen LogP contribution in [0.25, 0.3) is 5.57 Å². The smallest absolute Gasteiger partial charge is 0.410 e. The molecule has 2 atom stereocenters. The van der Waals surface area contributed by atoms with Gasteiger partial charge in [-0.25, -0.2) is 0 Å². The average Bonchev–Trinajstić information content (AvgIpc) is 3.34. The van der Waals surface area contributed by atoms with Crippen molar-refractivity contribution in [2.75, 3.05) is 0 Å². The van der Waals surface area contributed by atoms with Crippen molar-refractivity contribution in [3.8, 4) is 0 Å². The Hall–Kier alpha value is -1.96. The van der Waals surface area contributed by atoms with E-state index in [0.29, 0.717) is 5.56 Å². The third kappa shape index (κ3) is 5.96. The largest absolute Gasteiger partial charge is 0.416 e. The van der Waals surface area contributed by atoms with Crippen LogP contribution in [0, 0.1) is 5.41 Å². The molecular formula is C34H46F3NO2Si. The van der Waals surface area contributed by atoms with Gasteiger partial charge in [0.2, 0.25) is 0 Å². The van der Waals surface area contributed by atoms with Crippen molar-refractivity contribution in [2.45, 2.75) is 128 Å². The monoisotopic (exact) mass is 585 g/mol. The predicted octanol–water partition coefficient (Wildman–Crippen LogP) is 10.1. The number of halogens is 3. The maximum absolute atomic E-state index is 13.4. The van der Waals surface area contributed by atoms with E-state index < -0.39 is 26.2 Å². The van der Waals surface area contributed by atoms with Crippen molar-refractivity contribution < 1.29 is 22.7 Å². The molecule has 3 aliphatic carbocycles. The van der Waals surface area contributed by atoms with Crippen LogP contribution < -0.4 is 0 Å². The molecule has 3 aliphatic rings. The van der Waals surface area contributed by atoms with Gasteiger partial charge in [-0.3, -0.25) is 4.98 Å². The Morgan fingerprint density at radius 1 is 1.05 bits per heavy atom. The summed E-state index contributed by atoms with van der Waals surface area (Å²) >= 11 is 0. The lowest BCUT2D eigenvalue weighted by atomic mass is 9.70. The highest BCUT2D eigenvalue weighted by Crippen LogP contribution is 2.53. The number of allylic oxidation sites excluding steroid dienone is 2. The van der Waals surface area contributed by atoms with E-state index >= 15 is 0 Å². The van der Waals surface area contributed by atoms with Gasteiger partial charge in [0.05, 0.1) is 17.4 Å². The Kier molecular flexibility index (Phi) is 7.91. The first-order valence-electron chi connectivity index (χ1n) is 15.3. The van der Waals surface area contributed by atoms with Crippen LogP contribution >= 0.6 is 0 Å². The zero-order valence-electron chi connectivity index (χ0n) is 25.7. The summed E-state index contributed by atoms with van der Waals surface area (Å²) in [5, 5.41) is 12.1. The molecule has 1 saturated carbocycles. The number of aromatic nitrogens is 1. The van der Waals surface area contributed by atoms with Crippen LogP contribution in [-0.2, 0) is 17.0 Å². The van der Waals surface area contributed by atoms with Gasteiger partial charge in [0, 0.05) is 22.7 Å². The van der Waals surface area contributed by atoms with Gasteiger partial charge in [0.15, 0.2) is 8.32 Å². The van der Waals surface area contributed by atoms with Crippen molar-refractivity contribution in [2.24, 2.45) is 5.41 Å². The summed E-state index contributed by atoms with van der Waals surface area (Å²) in [6.07, 6.45) is 4.50. The summed E-state index contributed by atoms with van der Waals surface area (Å²) in [7, 11) is -2.17. The van der Waals surface area contributed by atoms with Crippen molar-refractivity contribution in [3.05, 3.63) is 69.5 Å². The highest BCUT2D eigenvalue weighted by Gasteiger charge is 2.45. The molecule has 1 fully saturated rings. The number of alkyl halides is 3. The van der Waals surface area contributed by atoms with Crippen LogP contribution in [0.5, 0.6) is 0 Å². The van der Waals surface area contributed by atoms with E-state index in [1.165, 1.54) is 17.7 Å². The number of hydrogen-bond acceptors (Lipinski definition) is 3. The van der Waals surface area contributed by atoms with Crippen LogP contribution in [0.2, 0.25) is 18.1 Å². The molecule has 0 saturated heterocycles. The van der Waals surface area contributed by atoms with E-state index in [1.54, 1.807) is 0 Å². The molecule has 41 heavy (non-hydrogen) atoms. The number of aliphatic hydroxyl groups excluding tert-OH is 1. The summed E-state index contributed by atoms with van der Waals surface area (Å²) in [5.74, 6) is 0.255. The Labute approximate surface area is 244 Å². The fourth-order valence-corrected chi connectivity index (χ4v) is 7.73. The first-order chi connectivity index (χ1) is 19.0. The second-order valence-corrected chi connectivity index (χ2v) is 19.6. The van der Waals surface area contributed by atoms with Crippen LogP contribution in [0.15, 0.2) is 30.3 Å². The summed E-state index contributed by atoms with van der Waals surface area (Å²) < 4.78 is 47.3. The second-order valence-electron chi connectivity index (χ2n) is 14.8. The molecular weight excluding hydrogens is 539 g/mol. The second kappa shape index (κ2) is 10.6. The average molecular weight is 586 g/mol. The number of aliphatic hydroxyl groups is 1. The number of fused-ring (bicyclic) bond motifs is 1. The molecule has 0 aliphatic heterocycles. The first-order valence-corrected chi connectivity index (χ1v) is 18.2. The normalized spacial score (nSPS) is 22.2. The number of benzene rings is 1. The summed E-state index contributed by atoms with van der Waals surface area (Å²) in [4.78, 5) is 5.38. The van der Waals surface area contributed by atoms with E-state index in [1.807, 2.05) is 0 Å². The topological polar surface area (TPSA) is 42.4 Å². The summed E-state index contributed by atoms with van der Waals surface area (Å²) in [6.45, 7) is 15.9.